The molecule has 0 unspecified atom stereocenters. The first-order chi connectivity index (χ1) is 11.0. The number of amides is 1. The fraction of sp³-hybridized carbons (Fsp3) is 0.611. The van der Waals surface area contributed by atoms with Crippen molar-refractivity contribution in [3.8, 4) is 0 Å². The minimum atomic E-state index is -0.398. The minimum Gasteiger partial charge on any atom is -0.352 e. The number of hydrogen-bond acceptors (Lipinski definition) is 3. The van der Waals surface area contributed by atoms with Crippen LogP contribution in [0, 0.1) is 33.3 Å². The van der Waals surface area contributed by atoms with E-state index in [-0.39, 0.29) is 17.0 Å². The molecule has 0 aromatic heterocycles. The number of nitrogens with one attached hydrogen (secondary N) is 1. The van der Waals surface area contributed by atoms with Crippen molar-refractivity contribution in [3.63, 3.8) is 0 Å². The van der Waals surface area contributed by atoms with Crippen LogP contribution in [-0.4, -0.2) is 10.8 Å². The highest BCUT2D eigenvalue weighted by molar-refractivity contribution is 5.83. The number of hydrogen-bond donors (Lipinski definition) is 1. The fourth-order valence-corrected chi connectivity index (χ4v) is 5.54. The second-order valence-corrected chi connectivity index (χ2v) is 7.81. The predicted molar refractivity (Wildman–Crippen MR) is 85.5 cm³/mol. The standard InChI is InChI=1S/C18H22N2O3/c21-17(19-11-12-2-1-3-16(7-12)20(22)23)18-8-13-4-14(9-18)6-15(5-13)10-18/h1-3,7,13-15H,4-6,8-11H2,(H,19,21). The first kappa shape index (κ1) is 14.7. The van der Waals surface area contributed by atoms with Crippen molar-refractivity contribution in [2.24, 2.45) is 23.2 Å². The zero-order chi connectivity index (χ0) is 16.0. The summed E-state index contributed by atoms with van der Waals surface area (Å²) < 4.78 is 0. The zero-order valence-corrected chi connectivity index (χ0v) is 13.2. The van der Waals surface area contributed by atoms with Crippen LogP contribution < -0.4 is 5.32 Å². The average Bonchev–Trinajstić information content (AvgIpc) is 2.51. The molecule has 4 aliphatic rings. The molecule has 5 rings (SSSR count). The van der Waals surface area contributed by atoms with Crippen LogP contribution >= 0.6 is 0 Å². The van der Waals surface area contributed by atoms with Crippen molar-refractivity contribution in [3.05, 3.63) is 39.9 Å². The molecule has 23 heavy (non-hydrogen) atoms. The summed E-state index contributed by atoms with van der Waals surface area (Å²) in [4.78, 5) is 23.3. The van der Waals surface area contributed by atoms with Crippen molar-refractivity contribution < 1.29 is 9.72 Å². The van der Waals surface area contributed by atoms with E-state index < -0.39 is 4.92 Å². The number of carbonyl (C=O) groups is 1. The smallest absolute Gasteiger partial charge is 0.269 e. The lowest BCUT2D eigenvalue weighted by molar-refractivity contribution is -0.384. The highest BCUT2D eigenvalue weighted by atomic mass is 16.6. The lowest BCUT2D eigenvalue weighted by Gasteiger charge is -2.55. The van der Waals surface area contributed by atoms with Crippen molar-refractivity contribution >= 4 is 11.6 Å². The first-order valence-corrected chi connectivity index (χ1v) is 8.56. The molecule has 0 radical (unpaired) electrons. The lowest BCUT2D eigenvalue weighted by Crippen LogP contribution is -2.53. The molecular formula is C18H22N2O3. The average molecular weight is 314 g/mol. The Morgan fingerprint density at radius 1 is 1.17 bits per heavy atom. The van der Waals surface area contributed by atoms with Crippen LogP contribution in [0.5, 0.6) is 0 Å². The topological polar surface area (TPSA) is 72.2 Å². The Morgan fingerprint density at radius 2 is 1.78 bits per heavy atom. The predicted octanol–water partition coefficient (Wildman–Crippen LogP) is 3.43. The summed E-state index contributed by atoms with van der Waals surface area (Å²) in [5.41, 5.74) is 0.707. The van der Waals surface area contributed by atoms with Crippen molar-refractivity contribution in [2.45, 2.75) is 45.1 Å². The Morgan fingerprint density at radius 3 is 2.35 bits per heavy atom. The number of benzene rings is 1. The molecule has 1 amide bonds. The van der Waals surface area contributed by atoms with Gasteiger partial charge in [-0.2, -0.15) is 0 Å². The van der Waals surface area contributed by atoms with Gasteiger partial charge in [-0.1, -0.05) is 12.1 Å². The number of nitro groups is 1. The van der Waals surface area contributed by atoms with Crippen LogP contribution in [0.25, 0.3) is 0 Å². The van der Waals surface area contributed by atoms with E-state index in [9.17, 15) is 14.9 Å². The largest absolute Gasteiger partial charge is 0.352 e. The molecule has 1 aromatic carbocycles. The fourth-order valence-electron chi connectivity index (χ4n) is 5.54. The van der Waals surface area contributed by atoms with Crippen LogP contribution in [0.1, 0.15) is 44.1 Å². The molecule has 4 bridgehead atoms. The highest BCUT2D eigenvalue weighted by Crippen LogP contribution is 2.60. The normalized spacial score (nSPS) is 34.3. The maximum absolute atomic E-state index is 12.8. The molecule has 122 valence electrons. The Hall–Kier alpha value is -1.91. The second kappa shape index (κ2) is 5.32. The minimum absolute atomic E-state index is 0.0755. The second-order valence-electron chi connectivity index (χ2n) is 7.81. The van der Waals surface area contributed by atoms with E-state index in [0.29, 0.717) is 6.54 Å². The van der Waals surface area contributed by atoms with Gasteiger partial charge >= 0.3 is 0 Å². The Bertz CT molecular complexity index is 620. The summed E-state index contributed by atoms with van der Waals surface area (Å²) in [5, 5.41) is 13.9. The van der Waals surface area contributed by atoms with E-state index >= 15 is 0 Å². The van der Waals surface area contributed by atoms with Crippen LogP contribution in [0.15, 0.2) is 24.3 Å². The van der Waals surface area contributed by atoms with Gasteiger partial charge in [-0.3, -0.25) is 14.9 Å². The third-order valence-electron chi connectivity index (χ3n) is 6.09. The van der Waals surface area contributed by atoms with Gasteiger partial charge in [-0.15, -0.1) is 0 Å². The van der Waals surface area contributed by atoms with Crippen LogP contribution in [-0.2, 0) is 11.3 Å². The molecule has 0 aliphatic heterocycles. The highest BCUT2D eigenvalue weighted by Gasteiger charge is 2.54. The van der Waals surface area contributed by atoms with Crippen LogP contribution in [0.4, 0.5) is 5.69 Å². The maximum atomic E-state index is 12.8. The number of non-ortho nitro benzene ring substituents is 1. The number of carbonyl (C=O) groups excluding carboxylic acids is 1. The molecule has 1 aromatic rings. The van der Waals surface area contributed by atoms with Crippen molar-refractivity contribution in [1.82, 2.24) is 5.32 Å². The van der Waals surface area contributed by atoms with Gasteiger partial charge in [0.25, 0.3) is 5.69 Å². The van der Waals surface area contributed by atoms with E-state index in [1.54, 1.807) is 12.1 Å². The third-order valence-corrected chi connectivity index (χ3v) is 6.09. The van der Waals surface area contributed by atoms with Crippen molar-refractivity contribution in [2.75, 3.05) is 0 Å². The summed E-state index contributed by atoms with van der Waals surface area (Å²) >= 11 is 0. The summed E-state index contributed by atoms with van der Waals surface area (Å²) in [6, 6.07) is 6.52. The van der Waals surface area contributed by atoms with Gasteiger partial charge in [0, 0.05) is 24.1 Å². The number of nitrogens with zero attached hydrogens (tertiary/aromatic N) is 1. The van der Waals surface area contributed by atoms with Crippen LogP contribution in [0.3, 0.4) is 0 Å². The number of rotatable bonds is 4. The van der Waals surface area contributed by atoms with Gasteiger partial charge < -0.3 is 5.32 Å². The molecule has 5 nitrogen and oxygen atoms in total. The molecule has 4 aliphatic carbocycles. The number of nitro benzene ring substituents is 1. The van der Waals surface area contributed by atoms with Gasteiger partial charge in [-0.05, 0) is 61.8 Å². The Balaban J connectivity index is 1.44. The molecule has 0 atom stereocenters. The summed E-state index contributed by atoms with van der Waals surface area (Å²) in [5.74, 6) is 2.39. The summed E-state index contributed by atoms with van der Waals surface area (Å²) in [7, 11) is 0. The van der Waals surface area contributed by atoms with Crippen molar-refractivity contribution in [1.29, 1.82) is 0 Å². The molecule has 4 saturated carbocycles. The SMILES string of the molecule is O=C(NCc1cccc([N+](=O)[O-])c1)C12CC3CC(CC(C3)C1)C2. The van der Waals surface area contributed by atoms with E-state index in [2.05, 4.69) is 5.32 Å². The van der Waals surface area contributed by atoms with E-state index in [1.165, 1.54) is 25.3 Å². The summed E-state index contributed by atoms with van der Waals surface area (Å²) in [6.45, 7) is 0.377. The lowest BCUT2D eigenvalue weighted by atomic mass is 9.49. The van der Waals surface area contributed by atoms with Gasteiger partial charge in [0.15, 0.2) is 0 Å². The molecule has 0 saturated heterocycles. The van der Waals surface area contributed by atoms with Gasteiger partial charge in [0.2, 0.25) is 5.91 Å². The van der Waals surface area contributed by atoms with Gasteiger partial charge in [0.1, 0.15) is 0 Å². The monoisotopic (exact) mass is 314 g/mol. The molecule has 5 heteroatoms. The van der Waals surface area contributed by atoms with E-state index in [1.807, 2.05) is 6.07 Å². The van der Waals surface area contributed by atoms with Gasteiger partial charge in [0.05, 0.1) is 4.92 Å². The van der Waals surface area contributed by atoms with Gasteiger partial charge in [-0.25, -0.2) is 0 Å². The molecule has 4 fully saturated rings. The Kier molecular flexibility index (Phi) is 3.39. The maximum Gasteiger partial charge on any atom is 0.269 e. The molecule has 1 N–H and O–H groups in total. The van der Waals surface area contributed by atoms with Crippen LogP contribution in [0.2, 0.25) is 0 Å². The first-order valence-electron chi connectivity index (χ1n) is 8.56. The molecular weight excluding hydrogens is 292 g/mol. The quantitative estimate of drug-likeness (QED) is 0.683. The summed E-state index contributed by atoms with van der Waals surface area (Å²) in [6.07, 6.45) is 7.07. The Labute approximate surface area is 135 Å². The third kappa shape index (κ3) is 2.62. The molecule has 0 heterocycles. The molecule has 0 spiro atoms. The van der Waals surface area contributed by atoms with E-state index in [0.717, 1.165) is 42.6 Å². The van der Waals surface area contributed by atoms with E-state index in [4.69, 9.17) is 0 Å². The zero-order valence-electron chi connectivity index (χ0n) is 13.2.